The van der Waals surface area contributed by atoms with Gasteiger partial charge in [-0.3, -0.25) is 4.90 Å². The van der Waals surface area contributed by atoms with Gasteiger partial charge in [-0.05, 0) is 33.2 Å². The normalized spacial score (nSPS) is 12.3. The molecule has 0 radical (unpaired) electrons. The van der Waals surface area contributed by atoms with Gasteiger partial charge in [0.05, 0.1) is 6.17 Å². The summed E-state index contributed by atoms with van der Waals surface area (Å²) >= 11 is 0. The third-order valence-corrected chi connectivity index (χ3v) is 2.15. The van der Waals surface area contributed by atoms with Crippen molar-refractivity contribution in [1.29, 1.82) is 0 Å². The van der Waals surface area contributed by atoms with Gasteiger partial charge >= 0.3 is 6.03 Å². The second kappa shape index (κ2) is 5.36. The number of anilines is 1. The Balaban J connectivity index is 2.43. The lowest BCUT2D eigenvalue weighted by molar-refractivity contribution is 0.227. The number of para-hydroxylation sites is 1. The predicted molar refractivity (Wildman–Crippen MR) is 61.7 cm³/mol. The van der Waals surface area contributed by atoms with E-state index < -0.39 is 0 Å². The van der Waals surface area contributed by atoms with E-state index in [1.54, 1.807) is 0 Å². The zero-order valence-corrected chi connectivity index (χ0v) is 9.32. The molecule has 0 spiro atoms. The van der Waals surface area contributed by atoms with Gasteiger partial charge in [-0.2, -0.15) is 0 Å². The van der Waals surface area contributed by atoms with Crippen LogP contribution in [0, 0.1) is 0 Å². The zero-order valence-electron chi connectivity index (χ0n) is 9.32. The summed E-state index contributed by atoms with van der Waals surface area (Å²) in [6, 6.07) is 9.17. The second-order valence-corrected chi connectivity index (χ2v) is 3.60. The molecular weight excluding hydrogens is 190 g/mol. The quantitative estimate of drug-likeness (QED) is 0.741. The Morgan fingerprint density at radius 2 is 1.87 bits per heavy atom. The van der Waals surface area contributed by atoms with Crippen LogP contribution in [0.4, 0.5) is 10.5 Å². The number of nitrogens with one attached hydrogen (secondary N) is 2. The van der Waals surface area contributed by atoms with E-state index in [1.807, 2.05) is 56.3 Å². The van der Waals surface area contributed by atoms with Gasteiger partial charge in [-0.15, -0.1) is 0 Å². The Hall–Kier alpha value is -1.55. The predicted octanol–water partition coefficient (Wildman–Crippen LogP) is 1.72. The summed E-state index contributed by atoms with van der Waals surface area (Å²) in [7, 11) is 3.82. The number of hydrogen-bond donors (Lipinski definition) is 2. The molecule has 1 aromatic carbocycles. The number of benzene rings is 1. The Morgan fingerprint density at radius 1 is 1.27 bits per heavy atom. The van der Waals surface area contributed by atoms with Crippen LogP contribution in [0.15, 0.2) is 30.3 Å². The van der Waals surface area contributed by atoms with Crippen LogP contribution >= 0.6 is 0 Å². The van der Waals surface area contributed by atoms with Crippen LogP contribution in [0.2, 0.25) is 0 Å². The molecule has 0 aliphatic rings. The lowest BCUT2D eigenvalue weighted by Crippen LogP contribution is -2.44. The molecule has 0 saturated carbocycles. The Labute approximate surface area is 90.3 Å². The molecule has 1 aromatic rings. The minimum Gasteiger partial charge on any atom is -0.323 e. The number of carbonyl (C=O) groups is 1. The van der Waals surface area contributed by atoms with E-state index in [9.17, 15) is 4.79 Å². The van der Waals surface area contributed by atoms with Crippen molar-refractivity contribution in [2.24, 2.45) is 0 Å². The highest BCUT2D eigenvalue weighted by Crippen LogP contribution is 2.04. The van der Waals surface area contributed by atoms with E-state index in [0.717, 1.165) is 5.69 Å². The smallest absolute Gasteiger partial charge is 0.320 e. The first-order chi connectivity index (χ1) is 7.09. The molecule has 1 unspecified atom stereocenters. The van der Waals surface area contributed by atoms with Gasteiger partial charge in [-0.1, -0.05) is 18.2 Å². The van der Waals surface area contributed by atoms with E-state index in [1.165, 1.54) is 0 Å². The molecule has 1 atom stereocenters. The van der Waals surface area contributed by atoms with Crippen LogP contribution in [-0.4, -0.2) is 31.2 Å². The Kier molecular flexibility index (Phi) is 4.12. The summed E-state index contributed by atoms with van der Waals surface area (Å²) in [5.41, 5.74) is 0.793. The van der Waals surface area contributed by atoms with Crippen molar-refractivity contribution < 1.29 is 4.79 Å². The van der Waals surface area contributed by atoms with E-state index in [4.69, 9.17) is 0 Å². The van der Waals surface area contributed by atoms with Crippen molar-refractivity contribution in [3.05, 3.63) is 30.3 Å². The van der Waals surface area contributed by atoms with Crippen molar-refractivity contribution in [3.8, 4) is 0 Å². The standard InChI is InChI=1S/C11H17N3O/c1-9(14(2)3)12-11(15)13-10-7-5-4-6-8-10/h4-9H,1-3H3,(H2,12,13,15). The number of urea groups is 1. The number of amides is 2. The van der Waals surface area contributed by atoms with Gasteiger partial charge in [0.2, 0.25) is 0 Å². The maximum absolute atomic E-state index is 11.5. The van der Waals surface area contributed by atoms with Gasteiger partial charge < -0.3 is 10.6 Å². The average molecular weight is 207 g/mol. The highest BCUT2D eigenvalue weighted by molar-refractivity contribution is 5.89. The van der Waals surface area contributed by atoms with Crippen LogP contribution in [0.25, 0.3) is 0 Å². The van der Waals surface area contributed by atoms with Crippen LogP contribution in [-0.2, 0) is 0 Å². The number of nitrogens with zero attached hydrogens (tertiary/aromatic N) is 1. The molecule has 0 fully saturated rings. The molecular formula is C11H17N3O. The Morgan fingerprint density at radius 3 is 2.40 bits per heavy atom. The monoisotopic (exact) mass is 207 g/mol. The summed E-state index contributed by atoms with van der Waals surface area (Å²) < 4.78 is 0. The SMILES string of the molecule is CC(NC(=O)Nc1ccccc1)N(C)C. The minimum absolute atomic E-state index is 0.00807. The van der Waals surface area contributed by atoms with E-state index in [2.05, 4.69) is 10.6 Å². The van der Waals surface area contributed by atoms with Crippen molar-refractivity contribution in [1.82, 2.24) is 10.2 Å². The number of carbonyl (C=O) groups excluding carboxylic acids is 1. The largest absolute Gasteiger partial charge is 0.323 e. The van der Waals surface area contributed by atoms with Gasteiger partial charge in [0.1, 0.15) is 0 Å². The molecule has 4 heteroatoms. The van der Waals surface area contributed by atoms with Crippen molar-refractivity contribution in [2.75, 3.05) is 19.4 Å². The molecule has 2 N–H and O–H groups in total. The Bertz CT molecular complexity index is 311. The summed E-state index contributed by atoms with van der Waals surface area (Å²) in [6.45, 7) is 1.92. The first-order valence-corrected chi connectivity index (χ1v) is 4.88. The molecule has 82 valence electrons. The van der Waals surface area contributed by atoms with E-state index >= 15 is 0 Å². The van der Waals surface area contributed by atoms with Gasteiger partial charge in [-0.25, -0.2) is 4.79 Å². The first kappa shape index (κ1) is 11.5. The van der Waals surface area contributed by atoms with Crippen molar-refractivity contribution in [3.63, 3.8) is 0 Å². The molecule has 0 heterocycles. The zero-order chi connectivity index (χ0) is 11.3. The molecule has 0 saturated heterocycles. The third kappa shape index (κ3) is 3.99. The number of hydrogen-bond acceptors (Lipinski definition) is 2. The van der Waals surface area contributed by atoms with Crippen LogP contribution in [0.5, 0.6) is 0 Å². The van der Waals surface area contributed by atoms with E-state index in [-0.39, 0.29) is 12.2 Å². The highest BCUT2D eigenvalue weighted by Gasteiger charge is 2.07. The molecule has 0 bridgehead atoms. The molecule has 0 aliphatic carbocycles. The molecule has 2 amide bonds. The van der Waals surface area contributed by atoms with Gasteiger partial charge in [0, 0.05) is 5.69 Å². The fourth-order valence-corrected chi connectivity index (χ4v) is 1.01. The second-order valence-electron chi connectivity index (χ2n) is 3.60. The average Bonchev–Trinajstić information content (AvgIpc) is 2.18. The van der Waals surface area contributed by atoms with Crippen molar-refractivity contribution in [2.45, 2.75) is 13.1 Å². The maximum atomic E-state index is 11.5. The lowest BCUT2D eigenvalue weighted by atomic mass is 10.3. The summed E-state index contributed by atoms with van der Waals surface area (Å²) in [5.74, 6) is 0. The summed E-state index contributed by atoms with van der Waals surface area (Å²) in [6.07, 6.45) is 0.00807. The maximum Gasteiger partial charge on any atom is 0.320 e. The lowest BCUT2D eigenvalue weighted by Gasteiger charge is -2.21. The van der Waals surface area contributed by atoms with E-state index in [0.29, 0.717) is 0 Å². The molecule has 4 nitrogen and oxygen atoms in total. The summed E-state index contributed by atoms with van der Waals surface area (Å²) in [4.78, 5) is 13.4. The van der Waals surface area contributed by atoms with Gasteiger partial charge in [0.25, 0.3) is 0 Å². The third-order valence-electron chi connectivity index (χ3n) is 2.15. The molecule has 15 heavy (non-hydrogen) atoms. The fourth-order valence-electron chi connectivity index (χ4n) is 1.01. The topological polar surface area (TPSA) is 44.4 Å². The highest BCUT2D eigenvalue weighted by atomic mass is 16.2. The van der Waals surface area contributed by atoms with Crippen molar-refractivity contribution >= 4 is 11.7 Å². The molecule has 0 aromatic heterocycles. The summed E-state index contributed by atoms with van der Waals surface area (Å²) in [5, 5.41) is 5.55. The molecule has 1 rings (SSSR count). The molecule has 0 aliphatic heterocycles. The fraction of sp³-hybridized carbons (Fsp3) is 0.364. The minimum atomic E-state index is -0.192. The van der Waals surface area contributed by atoms with Gasteiger partial charge in [0.15, 0.2) is 0 Å². The first-order valence-electron chi connectivity index (χ1n) is 4.88. The van der Waals surface area contributed by atoms with Crippen LogP contribution < -0.4 is 10.6 Å². The van der Waals surface area contributed by atoms with Crippen LogP contribution in [0.3, 0.4) is 0 Å². The van der Waals surface area contributed by atoms with Crippen LogP contribution in [0.1, 0.15) is 6.92 Å². The number of rotatable bonds is 3.